The minimum absolute atomic E-state index is 0.0340. The highest BCUT2D eigenvalue weighted by atomic mass is 16.5. The minimum Gasteiger partial charge on any atom is -0.482 e. The Kier molecular flexibility index (Phi) is 3.13. The molecule has 2 rings (SSSR count). The second-order valence-corrected chi connectivity index (χ2v) is 4.57. The summed E-state index contributed by atoms with van der Waals surface area (Å²) >= 11 is 0. The fourth-order valence-electron chi connectivity index (χ4n) is 1.75. The Morgan fingerprint density at radius 1 is 1.47 bits per heavy atom. The van der Waals surface area contributed by atoms with Gasteiger partial charge in [-0.2, -0.15) is 0 Å². The zero-order valence-corrected chi connectivity index (χ0v) is 9.95. The summed E-state index contributed by atoms with van der Waals surface area (Å²) in [6.45, 7) is 4.04. The van der Waals surface area contributed by atoms with Crippen LogP contribution in [0.5, 0.6) is 5.75 Å². The van der Waals surface area contributed by atoms with Crippen LogP contribution in [0, 0.1) is 5.92 Å². The van der Waals surface area contributed by atoms with Crippen LogP contribution in [0.2, 0.25) is 0 Å². The van der Waals surface area contributed by atoms with Crippen LogP contribution in [0.15, 0.2) is 18.2 Å². The molecule has 0 bridgehead atoms. The van der Waals surface area contributed by atoms with Crippen LogP contribution < -0.4 is 10.1 Å². The van der Waals surface area contributed by atoms with E-state index in [1.54, 1.807) is 18.2 Å². The Labute approximate surface area is 100.0 Å². The zero-order chi connectivity index (χ0) is 12.4. The van der Waals surface area contributed by atoms with Gasteiger partial charge in [0.25, 0.3) is 5.91 Å². The highest BCUT2D eigenvalue weighted by Crippen LogP contribution is 2.29. The van der Waals surface area contributed by atoms with Crippen LogP contribution in [0.3, 0.4) is 0 Å². The number of rotatable bonds is 3. The van der Waals surface area contributed by atoms with Gasteiger partial charge in [0.05, 0.1) is 5.69 Å². The number of amides is 1. The Balaban J connectivity index is 2.23. The standard InChI is InChI=1S/C13H15NO3/c1-8(2)5-11(15)9-3-4-12-10(6-9)14-13(16)7-17-12/h3-4,6,8H,5,7H2,1-2H3,(H,14,16). The molecule has 4 heteroatoms. The van der Waals surface area contributed by atoms with Gasteiger partial charge < -0.3 is 10.1 Å². The molecule has 1 aromatic carbocycles. The molecular weight excluding hydrogens is 218 g/mol. The number of hydrogen-bond acceptors (Lipinski definition) is 3. The Morgan fingerprint density at radius 2 is 2.24 bits per heavy atom. The van der Waals surface area contributed by atoms with Crippen molar-refractivity contribution in [3.63, 3.8) is 0 Å². The Morgan fingerprint density at radius 3 is 2.94 bits per heavy atom. The Hall–Kier alpha value is -1.84. The molecule has 0 radical (unpaired) electrons. The maximum atomic E-state index is 11.9. The molecular formula is C13H15NO3. The van der Waals surface area contributed by atoms with Crippen molar-refractivity contribution in [3.8, 4) is 5.75 Å². The quantitative estimate of drug-likeness (QED) is 0.814. The SMILES string of the molecule is CC(C)CC(=O)c1ccc2c(c1)NC(=O)CO2. The highest BCUT2D eigenvalue weighted by molar-refractivity contribution is 6.00. The summed E-state index contributed by atoms with van der Waals surface area (Å²) in [7, 11) is 0. The molecule has 1 aromatic rings. The van der Waals surface area contributed by atoms with Gasteiger partial charge in [0, 0.05) is 12.0 Å². The second kappa shape index (κ2) is 4.57. The van der Waals surface area contributed by atoms with Gasteiger partial charge in [-0.3, -0.25) is 9.59 Å². The number of hydrogen-bond donors (Lipinski definition) is 1. The molecule has 4 nitrogen and oxygen atoms in total. The van der Waals surface area contributed by atoms with Crippen molar-refractivity contribution in [2.45, 2.75) is 20.3 Å². The monoisotopic (exact) mass is 233 g/mol. The average molecular weight is 233 g/mol. The first-order valence-electron chi connectivity index (χ1n) is 5.66. The number of carbonyl (C=O) groups excluding carboxylic acids is 2. The molecule has 0 saturated heterocycles. The van der Waals surface area contributed by atoms with Crippen LogP contribution in [0.4, 0.5) is 5.69 Å². The second-order valence-electron chi connectivity index (χ2n) is 4.57. The lowest BCUT2D eigenvalue weighted by Crippen LogP contribution is -2.25. The highest BCUT2D eigenvalue weighted by Gasteiger charge is 2.17. The fourth-order valence-corrected chi connectivity index (χ4v) is 1.75. The third-order valence-electron chi connectivity index (χ3n) is 2.53. The number of anilines is 1. The maximum absolute atomic E-state index is 11.9. The lowest BCUT2D eigenvalue weighted by Gasteiger charge is -2.18. The van der Waals surface area contributed by atoms with E-state index in [0.717, 1.165) is 0 Å². The first-order valence-corrected chi connectivity index (χ1v) is 5.66. The largest absolute Gasteiger partial charge is 0.482 e. The summed E-state index contributed by atoms with van der Waals surface area (Å²) in [4.78, 5) is 23.0. The van der Waals surface area contributed by atoms with E-state index in [1.807, 2.05) is 13.8 Å². The molecule has 1 aliphatic rings. The third kappa shape index (κ3) is 2.64. The van der Waals surface area contributed by atoms with E-state index in [0.29, 0.717) is 29.3 Å². The number of nitrogens with one attached hydrogen (secondary N) is 1. The van der Waals surface area contributed by atoms with Gasteiger partial charge in [0.1, 0.15) is 5.75 Å². The summed E-state index contributed by atoms with van der Waals surface area (Å²) in [6.07, 6.45) is 0.508. The third-order valence-corrected chi connectivity index (χ3v) is 2.53. The number of fused-ring (bicyclic) bond motifs is 1. The molecule has 1 aliphatic heterocycles. The number of carbonyl (C=O) groups is 2. The summed E-state index contributed by atoms with van der Waals surface area (Å²) < 4.78 is 5.23. The molecule has 17 heavy (non-hydrogen) atoms. The lowest BCUT2D eigenvalue weighted by molar-refractivity contribution is -0.118. The topological polar surface area (TPSA) is 55.4 Å². The van der Waals surface area contributed by atoms with E-state index < -0.39 is 0 Å². The van der Waals surface area contributed by atoms with E-state index in [2.05, 4.69) is 5.32 Å². The average Bonchev–Trinajstić information content (AvgIpc) is 2.27. The van der Waals surface area contributed by atoms with Crippen molar-refractivity contribution >= 4 is 17.4 Å². The first kappa shape index (κ1) is 11.6. The first-order chi connectivity index (χ1) is 8.06. The number of ether oxygens (including phenoxy) is 1. The van der Waals surface area contributed by atoms with Gasteiger partial charge in [-0.05, 0) is 24.1 Å². The number of benzene rings is 1. The van der Waals surface area contributed by atoms with Crippen molar-refractivity contribution in [2.75, 3.05) is 11.9 Å². The molecule has 0 saturated carbocycles. The van der Waals surface area contributed by atoms with Gasteiger partial charge in [-0.25, -0.2) is 0 Å². The molecule has 1 amide bonds. The van der Waals surface area contributed by atoms with Crippen molar-refractivity contribution in [2.24, 2.45) is 5.92 Å². The van der Waals surface area contributed by atoms with Crippen LogP contribution >= 0.6 is 0 Å². The predicted octanol–water partition coefficient (Wildman–Crippen LogP) is 2.25. The summed E-state index contributed by atoms with van der Waals surface area (Å²) in [6, 6.07) is 5.14. The lowest BCUT2D eigenvalue weighted by atomic mass is 10.0. The van der Waals surface area contributed by atoms with Crippen molar-refractivity contribution in [1.82, 2.24) is 0 Å². The van der Waals surface area contributed by atoms with E-state index in [1.165, 1.54) is 0 Å². The van der Waals surface area contributed by atoms with Crippen LogP contribution in [-0.4, -0.2) is 18.3 Å². The molecule has 1 N–H and O–H groups in total. The molecule has 0 aliphatic carbocycles. The summed E-state index contributed by atoms with van der Waals surface area (Å²) in [5, 5.41) is 2.69. The van der Waals surface area contributed by atoms with E-state index >= 15 is 0 Å². The number of ketones is 1. The fraction of sp³-hybridized carbons (Fsp3) is 0.385. The molecule has 0 atom stereocenters. The summed E-state index contributed by atoms with van der Waals surface area (Å²) in [5.41, 5.74) is 1.19. The van der Waals surface area contributed by atoms with Gasteiger partial charge in [-0.15, -0.1) is 0 Å². The van der Waals surface area contributed by atoms with Gasteiger partial charge in [0.15, 0.2) is 12.4 Å². The molecule has 0 unspecified atom stereocenters. The number of Topliss-reactive ketones (excluding diaryl/α,β-unsaturated/α-hetero) is 1. The molecule has 0 fully saturated rings. The van der Waals surface area contributed by atoms with E-state index in [-0.39, 0.29) is 18.3 Å². The van der Waals surface area contributed by atoms with Crippen molar-refractivity contribution < 1.29 is 14.3 Å². The predicted molar refractivity (Wildman–Crippen MR) is 64.4 cm³/mol. The molecule has 0 spiro atoms. The normalized spacial score (nSPS) is 13.9. The smallest absolute Gasteiger partial charge is 0.262 e. The molecule has 0 aromatic heterocycles. The summed E-state index contributed by atoms with van der Waals surface area (Å²) in [5.74, 6) is 0.837. The van der Waals surface area contributed by atoms with Crippen LogP contribution in [0.1, 0.15) is 30.6 Å². The van der Waals surface area contributed by atoms with Gasteiger partial charge in [-0.1, -0.05) is 13.8 Å². The van der Waals surface area contributed by atoms with Crippen molar-refractivity contribution in [1.29, 1.82) is 0 Å². The van der Waals surface area contributed by atoms with E-state index in [4.69, 9.17) is 4.74 Å². The van der Waals surface area contributed by atoms with Crippen molar-refractivity contribution in [3.05, 3.63) is 23.8 Å². The van der Waals surface area contributed by atoms with Crippen LogP contribution in [-0.2, 0) is 4.79 Å². The van der Waals surface area contributed by atoms with E-state index in [9.17, 15) is 9.59 Å². The van der Waals surface area contributed by atoms with Gasteiger partial charge >= 0.3 is 0 Å². The van der Waals surface area contributed by atoms with Crippen LogP contribution in [0.25, 0.3) is 0 Å². The minimum atomic E-state index is -0.189. The molecule has 90 valence electrons. The van der Waals surface area contributed by atoms with Gasteiger partial charge in [0.2, 0.25) is 0 Å². The Bertz CT molecular complexity index is 466. The molecule has 1 heterocycles. The maximum Gasteiger partial charge on any atom is 0.262 e. The zero-order valence-electron chi connectivity index (χ0n) is 9.95.